The number of hydrogen-bond donors (Lipinski definition) is 2. The molecule has 1 saturated heterocycles. The number of carbonyl (C=O) groups excluding carboxylic acids is 2. The van der Waals surface area contributed by atoms with Gasteiger partial charge in [0.25, 0.3) is 0 Å². The zero-order valence-electron chi connectivity index (χ0n) is 12.8. The number of para-hydroxylation sites is 2. The van der Waals surface area contributed by atoms with Crippen LogP contribution in [0.4, 0.5) is 11.4 Å². The third kappa shape index (κ3) is 3.42. The second-order valence-electron chi connectivity index (χ2n) is 6.50. The van der Waals surface area contributed by atoms with Crippen LogP contribution in [0.2, 0.25) is 0 Å². The molecule has 21 heavy (non-hydrogen) atoms. The number of nitrogens with one attached hydrogen (secondary N) is 1. The molecular formula is C16H23N3O2. The van der Waals surface area contributed by atoms with Gasteiger partial charge in [0.05, 0.1) is 17.4 Å². The Bertz CT molecular complexity index is 549. The van der Waals surface area contributed by atoms with Crippen molar-refractivity contribution in [2.45, 2.75) is 39.7 Å². The monoisotopic (exact) mass is 289 g/mol. The van der Waals surface area contributed by atoms with Gasteiger partial charge in [-0.15, -0.1) is 0 Å². The summed E-state index contributed by atoms with van der Waals surface area (Å²) in [5, 5.41) is 2.86. The summed E-state index contributed by atoms with van der Waals surface area (Å²) >= 11 is 0. The van der Waals surface area contributed by atoms with Crippen LogP contribution in [0.1, 0.15) is 33.6 Å². The van der Waals surface area contributed by atoms with Gasteiger partial charge in [0.15, 0.2) is 0 Å². The number of rotatable bonds is 3. The van der Waals surface area contributed by atoms with Crippen LogP contribution in [0.5, 0.6) is 0 Å². The fourth-order valence-electron chi connectivity index (χ4n) is 2.32. The van der Waals surface area contributed by atoms with Gasteiger partial charge in [-0.25, -0.2) is 0 Å². The highest BCUT2D eigenvalue weighted by atomic mass is 16.2. The van der Waals surface area contributed by atoms with Crippen molar-refractivity contribution in [1.29, 1.82) is 0 Å². The lowest BCUT2D eigenvalue weighted by Gasteiger charge is -2.27. The molecule has 5 heteroatoms. The molecule has 2 rings (SSSR count). The minimum Gasteiger partial charge on any atom is -0.323 e. The summed E-state index contributed by atoms with van der Waals surface area (Å²) in [7, 11) is 0. The summed E-state index contributed by atoms with van der Waals surface area (Å²) in [5.41, 5.74) is 7.04. The molecule has 5 nitrogen and oxygen atoms in total. The van der Waals surface area contributed by atoms with Crippen LogP contribution in [0.15, 0.2) is 24.3 Å². The molecule has 0 bridgehead atoms. The Morgan fingerprint density at radius 3 is 2.57 bits per heavy atom. The highest BCUT2D eigenvalue weighted by molar-refractivity contribution is 6.03. The van der Waals surface area contributed by atoms with E-state index < -0.39 is 6.04 Å². The number of carbonyl (C=O) groups is 2. The maximum atomic E-state index is 12.3. The molecule has 0 unspecified atom stereocenters. The Balaban J connectivity index is 2.21. The highest BCUT2D eigenvalue weighted by Crippen LogP contribution is 2.30. The molecule has 114 valence electrons. The summed E-state index contributed by atoms with van der Waals surface area (Å²) in [6, 6.07) is 6.73. The highest BCUT2D eigenvalue weighted by Gasteiger charge is 2.29. The Kier molecular flexibility index (Phi) is 4.32. The first kappa shape index (κ1) is 15.5. The van der Waals surface area contributed by atoms with Gasteiger partial charge in [0.2, 0.25) is 11.8 Å². The first-order chi connectivity index (χ1) is 9.80. The first-order valence-electron chi connectivity index (χ1n) is 7.26. The van der Waals surface area contributed by atoms with Crippen molar-refractivity contribution < 1.29 is 9.59 Å². The molecule has 1 atom stereocenters. The second-order valence-corrected chi connectivity index (χ2v) is 6.50. The van der Waals surface area contributed by atoms with Gasteiger partial charge in [-0.2, -0.15) is 0 Å². The predicted octanol–water partition coefficient (Wildman–Crippen LogP) is 2.13. The number of hydrogen-bond acceptors (Lipinski definition) is 3. The molecule has 0 spiro atoms. The quantitative estimate of drug-likeness (QED) is 0.895. The largest absolute Gasteiger partial charge is 0.323 e. The van der Waals surface area contributed by atoms with E-state index in [1.807, 2.05) is 39.0 Å². The number of nitrogens with zero attached hydrogens (tertiary/aromatic N) is 1. The van der Waals surface area contributed by atoms with E-state index in [2.05, 4.69) is 5.32 Å². The van der Waals surface area contributed by atoms with Crippen molar-refractivity contribution in [2.75, 3.05) is 16.8 Å². The third-order valence-electron chi connectivity index (χ3n) is 3.74. The molecule has 1 fully saturated rings. The lowest BCUT2D eigenvalue weighted by atomic mass is 9.87. The van der Waals surface area contributed by atoms with Gasteiger partial charge in [-0.1, -0.05) is 32.9 Å². The van der Waals surface area contributed by atoms with Crippen LogP contribution in [-0.2, 0) is 9.59 Å². The number of nitrogens with two attached hydrogens (primary N) is 1. The van der Waals surface area contributed by atoms with Crippen LogP contribution in [-0.4, -0.2) is 24.4 Å². The van der Waals surface area contributed by atoms with Crippen molar-refractivity contribution in [1.82, 2.24) is 0 Å². The van der Waals surface area contributed by atoms with Crippen LogP contribution in [0.3, 0.4) is 0 Å². The van der Waals surface area contributed by atoms with Gasteiger partial charge >= 0.3 is 0 Å². The molecular weight excluding hydrogens is 266 g/mol. The summed E-state index contributed by atoms with van der Waals surface area (Å²) in [6.45, 7) is 6.46. The molecule has 1 aliphatic rings. The van der Waals surface area contributed by atoms with Crippen LogP contribution in [0, 0.1) is 5.41 Å². The van der Waals surface area contributed by atoms with E-state index in [1.54, 1.807) is 11.0 Å². The van der Waals surface area contributed by atoms with Crippen LogP contribution in [0.25, 0.3) is 0 Å². The lowest BCUT2D eigenvalue weighted by Crippen LogP contribution is -2.45. The van der Waals surface area contributed by atoms with E-state index >= 15 is 0 Å². The van der Waals surface area contributed by atoms with Crippen molar-refractivity contribution >= 4 is 23.2 Å². The van der Waals surface area contributed by atoms with Crippen molar-refractivity contribution in [3.05, 3.63) is 24.3 Å². The molecule has 0 aromatic heterocycles. The summed E-state index contributed by atoms with van der Waals surface area (Å²) in [6.07, 6.45) is 1.41. The topological polar surface area (TPSA) is 75.4 Å². The average Bonchev–Trinajstić information content (AvgIpc) is 2.83. The average molecular weight is 289 g/mol. The normalized spacial score (nSPS) is 17.0. The minimum absolute atomic E-state index is 0.0943. The maximum absolute atomic E-state index is 12.3. The lowest BCUT2D eigenvalue weighted by molar-refractivity contribution is -0.119. The number of benzene rings is 1. The molecule has 2 amide bonds. The zero-order chi connectivity index (χ0) is 15.6. The van der Waals surface area contributed by atoms with Gasteiger partial charge < -0.3 is 16.0 Å². The SMILES string of the molecule is CC(C)(C)[C@@H](N)C(=O)Nc1ccccc1N1CCCC1=O. The molecule has 1 heterocycles. The molecule has 0 aliphatic carbocycles. The van der Waals surface area contributed by atoms with E-state index in [0.29, 0.717) is 18.7 Å². The Morgan fingerprint density at radius 2 is 2.00 bits per heavy atom. The van der Waals surface area contributed by atoms with E-state index in [0.717, 1.165) is 12.1 Å². The van der Waals surface area contributed by atoms with Crippen LogP contribution < -0.4 is 16.0 Å². The van der Waals surface area contributed by atoms with E-state index in [9.17, 15) is 9.59 Å². The van der Waals surface area contributed by atoms with E-state index in [1.165, 1.54) is 0 Å². The van der Waals surface area contributed by atoms with E-state index in [4.69, 9.17) is 5.73 Å². The standard InChI is InChI=1S/C16H23N3O2/c1-16(2,3)14(17)15(21)18-11-7-4-5-8-12(11)19-10-6-9-13(19)20/h4-5,7-8,14H,6,9-10,17H2,1-3H3,(H,18,21)/t14-/m0/s1. The predicted molar refractivity (Wildman–Crippen MR) is 84.1 cm³/mol. The Morgan fingerprint density at radius 1 is 1.33 bits per heavy atom. The Hall–Kier alpha value is -1.88. The van der Waals surface area contributed by atoms with Crippen LogP contribution >= 0.6 is 0 Å². The summed E-state index contributed by atoms with van der Waals surface area (Å²) in [4.78, 5) is 25.9. The smallest absolute Gasteiger partial charge is 0.241 e. The third-order valence-corrected chi connectivity index (χ3v) is 3.74. The number of anilines is 2. The molecule has 1 aromatic carbocycles. The van der Waals surface area contributed by atoms with Crippen molar-refractivity contribution in [3.8, 4) is 0 Å². The van der Waals surface area contributed by atoms with Crippen molar-refractivity contribution in [2.24, 2.45) is 11.1 Å². The minimum atomic E-state index is -0.611. The van der Waals surface area contributed by atoms with E-state index in [-0.39, 0.29) is 17.2 Å². The molecule has 1 aliphatic heterocycles. The summed E-state index contributed by atoms with van der Waals surface area (Å²) < 4.78 is 0. The summed E-state index contributed by atoms with van der Waals surface area (Å²) in [5.74, 6) is -0.140. The second kappa shape index (κ2) is 5.85. The van der Waals surface area contributed by atoms with Gasteiger partial charge in [-0.05, 0) is 24.0 Å². The number of amides is 2. The zero-order valence-corrected chi connectivity index (χ0v) is 12.8. The Labute approximate surface area is 125 Å². The molecule has 1 aromatic rings. The first-order valence-corrected chi connectivity index (χ1v) is 7.26. The van der Waals surface area contributed by atoms with Gasteiger partial charge in [-0.3, -0.25) is 9.59 Å². The van der Waals surface area contributed by atoms with Gasteiger partial charge in [0.1, 0.15) is 0 Å². The molecule has 0 radical (unpaired) electrons. The molecule has 3 N–H and O–H groups in total. The fourth-order valence-corrected chi connectivity index (χ4v) is 2.32. The molecule has 0 saturated carbocycles. The fraction of sp³-hybridized carbons (Fsp3) is 0.500. The van der Waals surface area contributed by atoms with Crippen molar-refractivity contribution in [3.63, 3.8) is 0 Å². The maximum Gasteiger partial charge on any atom is 0.241 e. The van der Waals surface area contributed by atoms with Gasteiger partial charge in [0, 0.05) is 13.0 Å².